The van der Waals surface area contributed by atoms with Gasteiger partial charge in [0.2, 0.25) is 0 Å². The van der Waals surface area contributed by atoms with E-state index in [2.05, 4.69) is 14.9 Å². The van der Waals surface area contributed by atoms with Crippen LogP contribution in [0.25, 0.3) is 10.9 Å². The number of benzene rings is 1. The second-order valence-electron chi connectivity index (χ2n) is 5.67. The van der Waals surface area contributed by atoms with Crippen molar-refractivity contribution in [2.75, 3.05) is 18.9 Å². The average Bonchev–Trinajstić information content (AvgIpc) is 2.43. The van der Waals surface area contributed by atoms with Gasteiger partial charge in [-0.2, -0.15) is 0 Å². The molecule has 0 amide bonds. The number of anilines is 1. The van der Waals surface area contributed by atoms with Gasteiger partial charge in [0.05, 0.1) is 12.1 Å². The Hall–Kier alpha value is -1.72. The van der Waals surface area contributed by atoms with Crippen LogP contribution >= 0.6 is 0 Å². The summed E-state index contributed by atoms with van der Waals surface area (Å²) in [6.45, 7) is 1.82. The van der Waals surface area contributed by atoms with E-state index in [4.69, 9.17) is 10.8 Å². The summed E-state index contributed by atoms with van der Waals surface area (Å²) in [5, 5.41) is 9.97. The first-order valence-corrected chi connectivity index (χ1v) is 7.64. The van der Waals surface area contributed by atoms with Crippen LogP contribution < -0.4 is 5.73 Å². The fourth-order valence-electron chi connectivity index (χ4n) is 2.82. The molecule has 2 aromatic rings. The number of nitrogens with zero attached hydrogens (tertiary/aromatic N) is 3. The van der Waals surface area contributed by atoms with Crippen molar-refractivity contribution >= 4 is 16.7 Å². The highest BCUT2D eigenvalue weighted by atomic mass is 16.3. The van der Waals surface area contributed by atoms with E-state index in [0.717, 1.165) is 29.7 Å². The van der Waals surface area contributed by atoms with E-state index in [1.807, 2.05) is 24.3 Å². The molecule has 112 valence electrons. The lowest BCUT2D eigenvalue weighted by atomic mass is 9.91. The highest BCUT2D eigenvalue weighted by molar-refractivity contribution is 5.87. The smallest absolute Gasteiger partial charge is 0.145 e. The number of aliphatic hydroxyl groups excluding tert-OH is 1. The SMILES string of the molecule is Nc1nc(CN(CCCO)C2CCC2)nc2ccccc12. The Morgan fingerprint density at radius 2 is 2.05 bits per heavy atom. The van der Waals surface area contributed by atoms with E-state index in [1.54, 1.807) is 0 Å². The van der Waals surface area contributed by atoms with Crippen LogP contribution in [0.3, 0.4) is 0 Å². The van der Waals surface area contributed by atoms with Gasteiger partial charge in [0, 0.05) is 24.6 Å². The summed E-state index contributed by atoms with van der Waals surface area (Å²) in [6, 6.07) is 8.44. The number of para-hydroxylation sites is 1. The molecular formula is C16H22N4O. The predicted octanol–water partition coefficient (Wildman–Crippen LogP) is 1.95. The first-order chi connectivity index (χ1) is 10.3. The monoisotopic (exact) mass is 286 g/mol. The average molecular weight is 286 g/mol. The van der Waals surface area contributed by atoms with Gasteiger partial charge in [-0.25, -0.2) is 9.97 Å². The number of hydrogen-bond donors (Lipinski definition) is 2. The van der Waals surface area contributed by atoms with Crippen LogP contribution in [-0.2, 0) is 6.54 Å². The molecule has 3 rings (SSSR count). The number of nitrogens with two attached hydrogens (primary N) is 1. The minimum atomic E-state index is 0.226. The maximum atomic E-state index is 9.06. The van der Waals surface area contributed by atoms with E-state index in [0.29, 0.717) is 18.4 Å². The van der Waals surface area contributed by atoms with Gasteiger partial charge < -0.3 is 10.8 Å². The van der Waals surface area contributed by atoms with Crippen LogP contribution in [-0.4, -0.2) is 39.2 Å². The molecule has 0 atom stereocenters. The van der Waals surface area contributed by atoms with Crippen molar-refractivity contribution < 1.29 is 5.11 Å². The molecule has 0 aliphatic heterocycles. The van der Waals surface area contributed by atoms with Crippen molar-refractivity contribution in [1.82, 2.24) is 14.9 Å². The van der Waals surface area contributed by atoms with Crippen molar-refractivity contribution in [2.45, 2.75) is 38.3 Å². The fraction of sp³-hybridized carbons (Fsp3) is 0.500. The molecule has 0 saturated heterocycles. The minimum absolute atomic E-state index is 0.226. The Kier molecular flexibility index (Phi) is 4.31. The topological polar surface area (TPSA) is 75.3 Å². The Bertz CT molecular complexity index is 612. The molecule has 1 heterocycles. The van der Waals surface area contributed by atoms with E-state index in [-0.39, 0.29) is 6.61 Å². The molecule has 5 heteroatoms. The second-order valence-corrected chi connectivity index (χ2v) is 5.67. The quantitative estimate of drug-likeness (QED) is 0.849. The van der Waals surface area contributed by atoms with Gasteiger partial charge in [0.1, 0.15) is 11.6 Å². The molecule has 1 aromatic carbocycles. The van der Waals surface area contributed by atoms with Crippen LogP contribution in [0.15, 0.2) is 24.3 Å². The predicted molar refractivity (Wildman–Crippen MR) is 83.7 cm³/mol. The van der Waals surface area contributed by atoms with Crippen LogP contribution in [0.2, 0.25) is 0 Å². The van der Waals surface area contributed by atoms with Gasteiger partial charge in [0.25, 0.3) is 0 Å². The van der Waals surface area contributed by atoms with Gasteiger partial charge in [-0.15, -0.1) is 0 Å². The third-order valence-corrected chi connectivity index (χ3v) is 4.22. The van der Waals surface area contributed by atoms with Crippen LogP contribution in [0.1, 0.15) is 31.5 Å². The van der Waals surface area contributed by atoms with Crippen molar-refractivity contribution in [1.29, 1.82) is 0 Å². The van der Waals surface area contributed by atoms with E-state index in [9.17, 15) is 0 Å². The highest BCUT2D eigenvalue weighted by Crippen LogP contribution is 2.26. The van der Waals surface area contributed by atoms with Gasteiger partial charge in [-0.05, 0) is 31.4 Å². The van der Waals surface area contributed by atoms with Crippen LogP contribution in [0.5, 0.6) is 0 Å². The van der Waals surface area contributed by atoms with Gasteiger partial charge in [0.15, 0.2) is 0 Å². The standard InChI is InChI=1S/C16H22N4O/c17-16-13-7-1-2-8-14(13)18-15(19-16)11-20(9-4-10-21)12-5-3-6-12/h1-2,7-8,12,21H,3-6,9-11H2,(H2,17,18,19). The molecule has 1 aliphatic carbocycles. The Morgan fingerprint density at radius 3 is 2.76 bits per heavy atom. The minimum Gasteiger partial charge on any atom is -0.396 e. The Morgan fingerprint density at radius 1 is 1.24 bits per heavy atom. The number of aromatic nitrogens is 2. The fourth-order valence-corrected chi connectivity index (χ4v) is 2.82. The third-order valence-electron chi connectivity index (χ3n) is 4.22. The molecule has 21 heavy (non-hydrogen) atoms. The molecule has 1 saturated carbocycles. The number of nitrogen functional groups attached to an aromatic ring is 1. The third kappa shape index (κ3) is 3.14. The van der Waals surface area contributed by atoms with E-state index in [1.165, 1.54) is 19.3 Å². The maximum absolute atomic E-state index is 9.06. The Balaban J connectivity index is 1.81. The number of rotatable bonds is 6. The molecule has 5 nitrogen and oxygen atoms in total. The zero-order valence-corrected chi connectivity index (χ0v) is 12.2. The Labute approximate surface area is 124 Å². The molecule has 1 aliphatic rings. The highest BCUT2D eigenvalue weighted by Gasteiger charge is 2.25. The summed E-state index contributed by atoms with van der Waals surface area (Å²) >= 11 is 0. The van der Waals surface area contributed by atoms with E-state index < -0.39 is 0 Å². The normalized spacial score (nSPS) is 15.5. The second kappa shape index (κ2) is 6.37. The van der Waals surface area contributed by atoms with Crippen molar-refractivity contribution in [2.24, 2.45) is 0 Å². The van der Waals surface area contributed by atoms with E-state index >= 15 is 0 Å². The lowest BCUT2D eigenvalue weighted by Crippen LogP contribution is -2.40. The van der Waals surface area contributed by atoms with Crippen LogP contribution in [0, 0.1) is 0 Å². The molecule has 3 N–H and O–H groups in total. The number of fused-ring (bicyclic) bond motifs is 1. The lowest BCUT2D eigenvalue weighted by Gasteiger charge is -2.37. The van der Waals surface area contributed by atoms with Gasteiger partial charge >= 0.3 is 0 Å². The van der Waals surface area contributed by atoms with Crippen molar-refractivity contribution in [3.8, 4) is 0 Å². The lowest BCUT2D eigenvalue weighted by molar-refractivity contribution is 0.107. The molecule has 0 spiro atoms. The number of aliphatic hydroxyl groups is 1. The van der Waals surface area contributed by atoms with Gasteiger partial charge in [-0.3, -0.25) is 4.90 Å². The van der Waals surface area contributed by atoms with Crippen molar-refractivity contribution in [3.63, 3.8) is 0 Å². The summed E-state index contributed by atoms with van der Waals surface area (Å²) in [7, 11) is 0. The summed E-state index contributed by atoms with van der Waals surface area (Å²) in [4.78, 5) is 11.5. The molecule has 0 radical (unpaired) electrons. The molecule has 0 unspecified atom stereocenters. The zero-order valence-electron chi connectivity index (χ0n) is 12.2. The summed E-state index contributed by atoms with van der Waals surface area (Å²) in [5.41, 5.74) is 6.94. The maximum Gasteiger partial charge on any atom is 0.145 e. The first kappa shape index (κ1) is 14.2. The van der Waals surface area contributed by atoms with Gasteiger partial charge in [-0.1, -0.05) is 18.6 Å². The summed E-state index contributed by atoms with van der Waals surface area (Å²) in [6.07, 6.45) is 4.55. The summed E-state index contributed by atoms with van der Waals surface area (Å²) < 4.78 is 0. The molecule has 0 bridgehead atoms. The van der Waals surface area contributed by atoms with Crippen LogP contribution in [0.4, 0.5) is 5.82 Å². The van der Waals surface area contributed by atoms with Crippen molar-refractivity contribution in [3.05, 3.63) is 30.1 Å². The molecular weight excluding hydrogens is 264 g/mol. The summed E-state index contributed by atoms with van der Waals surface area (Å²) in [5.74, 6) is 1.32. The zero-order chi connectivity index (χ0) is 14.7. The molecule has 1 aromatic heterocycles. The number of hydrogen-bond acceptors (Lipinski definition) is 5. The first-order valence-electron chi connectivity index (χ1n) is 7.64. The molecule has 1 fully saturated rings. The largest absolute Gasteiger partial charge is 0.396 e.